The van der Waals surface area contributed by atoms with Gasteiger partial charge in [0.25, 0.3) is 0 Å². The lowest BCUT2D eigenvalue weighted by atomic mass is 9.91. The highest BCUT2D eigenvalue weighted by atomic mass is 17.2. The van der Waals surface area contributed by atoms with Crippen molar-refractivity contribution in [3.05, 3.63) is 107 Å². The quantitative estimate of drug-likeness (QED) is 0.230. The fraction of sp³-hybridized carbons (Fsp3) is 0.438. The number of hydrogen-bond donors (Lipinski definition) is 2. The Hall–Kier alpha value is -2.50. The van der Waals surface area contributed by atoms with Crippen LogP contribution >= 0.6 is 0 Å². The second kappa shape index (κ2) is 15.6. The summed E-state index contributed by atoms with van der Waals surface area (Å²) in [5, 5.41) is 12.0. The van der Waals surface area contributed by atoms with Gasteiger partial charge in [0.1, 0.15) is 11.2 Å². The van der Waals surface area contributed by atoms with Crippen molar-refractivity contribution in [1.82, 2.24) is 0 Å². The summed E-state index contributed by atoms with van der Waals surface area (Å²) in [5.74, 6) is 1.28. The van der Waals surface area contributed by atoms with Gasteiger partial charge in [-0.1, -0.05) is 113 Å². The van der Waals surface area contributed by atoms with Crippen LogP contribution in [0.4, 0.5) is 0 Å². The van der Waals surface area contributed by atoms with E-state index in [4.69, 9.17) is 20.3 Å². The topological polar surface area (TPSA) is 58.9 Å². The van der Waals surface area contributed by atoms with Gasteiger partial charge in [0.05, 0.1) is 0 Å². The van der Waals surface area contributed by atoms with E-state index >= 15 is 0 Å². The first kappa shape index (κ1) is 31.5. The van der Waals surface area contributed by atoms with E-state index in [1.165, 1.54) is 22.3 Å². The number of hydrogen-bond acceptors (Lipinski definition) is 4. The smallest absolute Gasteiger partial charge is 0.102 e. The molecule has 0 aliphatic heterocycles. The Bertz CT molecular complexity index is 883. The summed E-state index contributed by atoms with van der Waals surface area (Å²) in [4.78, 5) is 11.5. The zero-order chi connectivity index (χ0) is 27.2. The van der Waals surface area contributed by atoms with Crippen molar-refractivity contribution in [2.24, 2.45) is 0 Å². The van der Waals surface area contributed by atoms with Gasteiger partial charge >= 0.3 is 0 Å². The first-order chi connectivity index (χ1) is 17.0. The molecule has 4 heteroatoms. The zero-order valence-corrected chi connectivity index (χ0v) is 23.4. The van der Waals surface area contributed by atoms with Crippen molar-refractivity contribution >= 4 is 0 Å². The predicted molar refractivity (Wildman–Crippen MR) is 150 cm³/mol. The maximum Gasteiger partial charge on any atom is 0.102 e. The molecule has 0 aliphatic carbocycles. The molecule has 0 heterocycles. The van der Waals surface area contributed by atoms with E-state index in [0.29, 0.717) is 11.8 Å². The molecule has 0 aliphatic rings. The molecule has 0 spiro atoms. The van der Waals surface area contributed by atoms with E-state index in [2.05, 4.69) is 104 Å². The Kier molecular flexibility index (Phi) is 13.6. The van der Waals surface area contributed by atoms with Gasteiger partial charge in [-0.2, -0.15) is 0 Å². The van der Waals surface area contributed by atoms with E-state index in [9.17, 15) is 0 Å². The molecule has 0 aromatic heterocycles. The number of benzene rings is 3. The molecular formula is C32H46O4. The average molecular weight is 495 g/mol. The van der Waals surface area contributed by atoms with Crippen molar-refractivity contribution in [2.45, 2.75) is 91.3 Å². The van der Waals surface area contributed by atoms with Crippen LogP contribution in [0.2, 0.25) is 0 Å². The first-order valence-corrected chi connectivity index (χ1v) is 12.7. The maximum absolute atomic E-state index is 6.00. The Labute approximate surface area is 218 Å². The molecule has 2 N–H and O–H groups in total. The average Bonchev–Trinajstić information content (AvgIpc) is 2.85. The highest BCUT2D eigenvalue weighted by molar-refractivity contribution is 5.31. The molecule has 0 fully saturated rings. The second-order valence-corrected chi connectivity index (χ2v) is 10.9. The van der Waals surface area contributed by atoms with Gasteiger partial charge in [-0.3, -0.25) is 10.5 Å². The lowest BCUT2D eigenvalue weighted by Gasteiger charge is -2.31. The molecule has 3 aromatic carbocycles. The van der Waals surface area contributed by atoms with Crippen LogP contribution in [0.15, 0.2) is 84.9 Å². The molecule has 0 amide bonds. The van der Waals surface area contributed by atoms with Crippen LogP contribution < -0.4 is 0 Å². The summed E-state index contributed by atoms with van der Waals surface area (Å²) in [6.07, 6.45) is 1.63. The Balaban J connectivity index is 0.000000391. The highest BCUT2D eigenvalue weighted by Crippen LogP contribution is 2.25. The van der Waals surface area contributed by atoms with Crippen LogP contribution in [0.1, 0.15) is 89.5 Å². The highest BCUT2D eigenvalue weighted by Gasteiger charge is 2.27. The predicted octanol–water partition coefficient (Wildman–Crippen LogP) is 8.93. The zero-order valence-electron chi connectivity index (χ0n) is 23.4. The first-order valence-electron chi connectivity index (χ1n) is 12.7. The molecule has 0 saturated carbocycles. The van der Waals surface area contributed by atoms with Crippen molar-refractivity contribution < 1.29 is 20.3 Å². The van der Waals surface area contributed by atoms with Gasteiger partial charge in [-0.25, -0.2) is 9.78 Å². The van der Waals surface area contributed by atoms with E-state index in [-0.39, 0.29) is 11.2 Å². The summed E-state index contributed by atoms with van der Waals surface area (Å²) in [5.41, 5.74) is 4.75. The van der Waals surface area contributed by atoms with E-state index in [1.54, 1.807) is 0 Å². The van der Waals surface area contributed by atoms with Crippen LogP contribution in [0.25, 0.3) is 0 Å². The summed E-state index contributed by atoms with van der Waals surface area (Å²) < 4.78 is 0. The molecule has 0 bridgehead atoms. The van der Waals surface area contributed by atoms with Crippen molar-refractivity contribution in [3.63, 3.8) is 0 Å². The van der Waals surface area contributed by atoms with E-state index in [1.807, 2.05) is 36.4 Å². The van der Waals surface area contributed by atoms with Gasteiger partial charge in [0.2, 0.25) is 0 Å². The fourth-order valence-corrected chi connectivity index (χ4v) is 4.02. The lowest BCUT2D eigenvalue weighted by Crippen LogP contribution is -2.35. The minimum Gasteiger partial charge on any atom is -0.255 e. The van der Waals surface area contributed by atoms with Crippen LogP contribution in [0, 0.1) is 0 Å². The van der Waals surface area contributed by atoms with Gasteiger partial charge in [-0.05, 0) is 61.8 Å². The summed E-state index contributed by atoms with van der Waals surface area (Å²) in [7, 11) is 0. The Morgan fingerprint density at radius 3 is 1.08 bits per heavy atom. The molecule has 198 valence electrons. The Morgan fingerprint density at radius 2 is 0.806 bits per heavy atom. The summed E-state index contributed by atoms with van der Waals surface area (Å²) >= 11 is 0. The normalized spacial score (nSPS) is 11.4. The van der Waals surface area contributed by atoms with Crippen LogP contribution in [-0.4, -0.2) is 21.7 Å². The van der Waals surface area contributed by atoms with Crippen molar-refractivity contribution in [3.8, 4) is 0 Å². The monoisotopic (exact) mass is 494 g/mol. The third-order valence-corrected chi connectivity index (χ3v) is 5.68. The van der Waals surface area contributed by atoms with Gasteiger partial charge < -0.3 is 0 Å². The molecule has 4 nitrogen and oxygen atoms in total. The van der Waals surface area contributed by atoms with Crippen LogP contribution in [-0.2, 0) is 22.6 Å². The third-order valence-electron chi connectivity index (χ3n) is 5.68. The molecule has 3 rings (SSSR count). The minimum atomic E-state index is -0.366. The minimum absolute atomic E-state index is 0.366. The van der Waals surface area contributed by atoms with Crippen molar-refractivity contribution in [1.29, 1.82) is 0 Å². The van der Waals surface area contributed by atoms with Gasteiger partial charge in [0.15, 0.2) is 0 Å². The second-order valence-electron chi connectivity index (χ2n) is 10.9. The standard InChI is InChI=1S/C20H26O2.C12H18.H2O2/c1-19(2,15-17-11-7-5-8-12-17)21-22-20(3,4)16-18-13-9-6-10-14-18;1-9(2)11-7-5-6-8-12(11)10(3)4;1-2/h5-14H,15-16H2,1-4H3;5-10H,1-4H3;1-2H. The van der Waals surface area contributed by atoms with Crippen LogP contribution in [0.5, 0.6) is 0 Å². The molecule has 0 unspecified atom stereocenters. The lowest BCUT2D eigenvalue weighted by molar-refractivity contribution is -0.400. The largest absolute Gasteiger partial charge is 0.255 e. The summed E-state index contributed by atoms with van der Waals surface area (Å²) in [6, 6.07) is 29.4. The van der Waals surface area contributed by atoms with Gasteiger partial charge in [-0.15, -0.1) is 0 Å². The van der Waals surface area contributed by atoms with E-state index in [0.717, 1.165) is 12.8 Å². The molecule has 3 aromatic rings. The fourth-order valence-electron chi connectivity index (χ4n) is 4.02. The van der Waals surface area contributed by atoms with E-state index < -0.39 is 0 Å². The number of rotatable bonds is 9. The van der Waals surface area contributed by atoms with Crippen LogP contribution in [0.3, 0.4) is 0 Å². The maximum atomic E-state index is 6.00. The molecule has 0 atom stereocenters. The molecule has 0 saturated heterocycles. The Morgan fingerprint density at radius 1 is 0.528 bits per heavy atom. The third kappa shape index (κ3) is 12.0. The molecule has 36 heavy (non-hydrogen) atoms. The molecule has 0 radical (unpaired) electrons. The SMILES string of the molecule is CC(C)(Cc1ccccc1)OOC(C)(C)Cc1ccccc1.CC(C)c1ccccc1C(C)C.OO. The summed E-state index contributed by atoms with van der Waals surface area (Å²) in [6.45, 7) is 17.2. The van der Waals surface area contributed by atoms with Gasteiger partial charge in [0, 0.05) is 12.8 Å². The molecular weight excluding hydrogens is 448 g/mol. The van der Waals surface area contributed by atoms with Crippen molar-refractivity contribution in [2.75, 3.05) is 0 Å².